The van der Waals surface area contributed by atoms with Gasteiger partial charge in [0.15, 0.2) is 0 Å². The van der Waals surface area contributed by atoms with Crippen molar-refractivity contribution < 1.29 is 0 Å². The lowest BCUT2D eigenvalue weighted by Crippen LogP contribution is -1.98. The van der Waals surface area contributed by atoms with Crippen LogP contribution in [0.3, 0.4) is 0 Å². The maximum atomic E-state index is 7.63. The second-order valence-electron chi connectivity index (χ2n) is 3.21. The molecule has 1 aromatic carbocycles. The summed E-state index contributed by atoms with van der Waals surface area (Å²) in [6.45, 7) is 5.76. The van der Waals surface area contributed by atoms with Crippen molar-refractivity contribution in [3.05, 3.63) is 42.0 Å². The molecular formula is C12H14ClN. The minimum atomic E-state index is 0.566. The van der Waals surface area contributed by atoms with Crippen molar-refractivity contribution in [3.8, 4) is 0 Å². The number of hydrogen-bond acceptors (Lipinski definition) is 1. The first-order valence-electron chi connectivity index (χ1n) is 4.55. The molecule has 0 aliphatic heterocycles. The number of halogens is 1. The van der Waals surface area contributed by atoms with E-state index in [4.69, 9.17) is 17.0 Å². The van der Waals surface area contributed by atoms with E-state index in [1.807, 2.05) is 24.3 Å². The maximum Gasteiger partial charge on any atom is 0.0361 e. The van der Waals surface area contributed by atoms with Crippen molar-refractivity contribution in [2.45, 2.75) is 13.3 Å². The molecule has 0 spiro atoms. The molecule has 1 rings (SSSR count). The topological polar surface area (TPSA) is 23.9 Å². The zero-order valence-corrected chi connectivity index (χ0v) is 9.06. The highest BCUT2D eigenvalue weighted by atomic mass is 35.5. The van der Waals surface area contributed by atoms with Crippen LogP contribution in [0.4, 0.5) is 0 Å². The van der Waals surface area contributed by atoms with Crippen LogP contribution in [0.25, 0.3) is 5.57 Å². The Hall–Kier alpha value is -1.08. The first kappa shape index (κ1) is 11.0. The van der Waals surface area contributed by atoms with E-state index in [-0.39, 0.29) is 0 Å². The molecule has 74 valence electrons. The van der Waals surface area contributed by atoms with E-state index in [9.17, 15) is 0 Å². The van der Waals surface area contributed by atoms with Crippen molar-refractivity contribution in [2.75, 3.05) is 5.88 Å². The number of nitrogens with one attached hydrogen (secondary N) is 1. The lowest BCUT2D eigenvalue weighted by atomic mass is 9.97. The van der Waals surface area contributed by atoms with Crippen LogP contribution in [0.15, 0.2) is 30.8 Å². The standard InChI is InChI=1S/C12H14ClN/c1-9(7-8-13)11-5-3-4-6-12(11)10(2)14/h3-6,14H,1,7-8H2,2H3. The average molecular weight is 208 g/mol. The molecule has 0 fully saturated rings. The van der Waals surface area contributed by atoms with Gasteiger partial charge in [-0.3, -0.25) is 0 Å². The smallest absolute Gasteiger partial charge is 0.0361 e. The van der Waals surface area contributed by atoms with Crippen LogP contribution in [-0.4, -0.2) is 11.6 Å². The van der Waals surface area contributed by atoms with Gasteiger partial charge in [-0.2, -0.15) is 0 Å². The lowest BCUT2D eigenvalue weighted by molar-refractivity contribution is 1.25. The van der Waals surface area contributed by atoms with E-state index in [2.05, 4.69) is 6.58 Å². The van der Waals surface area contributed by atoms with Gasteiger partial charge >= 0.3 is 0 Å². The zero-order chi connectivity index (χ0) is 10.6. The molecule has 0 radical (unpaired) electrons. The highest BCUT2D eigenvalue weighted by Gasteiger charge is 2.05. The van der Waals surface area contributed by atoms with Crippen LogP contribution in [0, 0.1) is 5.41 Å². The van der Waals surface area contributed by atoms with Crippen molar-refractivity contribution in [3.63, 3.8) is 0 Å². The molecule has 0 saturated heterocycles. The molecule has 0 amide bonds. The molecule has 2 heteroatoms. The highest BCUT2D eigenvalue weighted by molar-refractivity contribution is 6.18. The van der Waals surface area contributed by atoms with Gasteiger partial charge in [-0.25, -0.2) is 0 Å². The molecular weight excluding hydrogens is 194 g/mol. The van der Waals surface area contributed by atoms with E-state index >= 15 is 0 Å². The summed E-state index contributed by atoms with van der Waals surface area (Å²) in [5.74, 6) is 0.574. The van der Waals surface area contributed by atoms with Crippen molar-refractivity contribution in [1.82, 2.24) is 0 Å². The summed E-state index contributed by atoms with van der Waals surface area (Å²) in [6, 6.07) is 7.82. The predicted molar refractivity (Wildman–Crippen MR) is 63.3 cm³/mol. The molecule has 0 aliphatic carbocycles. The largest absolute Gasteiger partial charge is 0.305 e. The Morgan fingerprint density at radius 3 is 2.43 bits per heavy atom. The molecule has 1 N–H and O–H groups in total. The van der Waals surface area contributed by atoms with Crippen molar-refractivity contribution in [2.24, 2.45) is 0 Å². The first-order valence-corrected chi connectivity index (χ1v) is 5.09. The third kappa shape index (κ3) is 2.46. The fraction of sp³-hybridized carbons (Fsp3) is 0.250. The molecule has 0 saturated carbocycles. The zero-order valence-electron chi connectivity index (χ0n) is 8.31. The van der Waals surface area contributed by atoms with Crippen molar-refractivity contribution >= 4 is 22.9 Å². The van der Waals surface area contributed by atoms with Crippen LogP contribution in [0.2, 0.25) is 0 Å². The summed E-state index contributed by atoms with van der Waals surface area (Å²) >= 11 is 5.66. The minimum absolute atomic E-state index is 0.566. The van der Waals surface area contributed by atoms with Gasteiger partial charge in [0.2, 0.25) is 0 Å². The number of alkyl halides is 1. The lowest BCUT2D eigenvalue weighted by Gasteiger charge is -2.09. The van der Waals surface area contributed by atoms with Gasteiger partial charge < -0.3 is 5.41 Å². The number of hydrogen-bond donors (Lipinski definition) is 1. The third-order valence-corrected chi connectivity index (χ3v) is 2.30. The van der Waals surface area contributed by atoms with Crippen LogP contribution in [0.1, 0.15) is 24.5 Å². The van der Waals surface area contributed by atoms with E-state index in [1.54, 1.807) is 6.92 Å². The Morgan fingerprint density at radius 1 is 1.36 bits per heavy atom. The van der Waals surface area contributed by atoms with E-state index in [0.29, 0.717) is 11.6 Å². The van der Waals surface area contributed by atoms with E-state index < -0.39 is 0 Å². The van der Waals surface area contributed by atoms with Crippen LogP contribution in [0.5, 0.6) is 0 Å². The first-order chi connectivity index (χ1) is 6.66. The fourth-order valence-electron chi connectivity index (χ4n) is 1.37. The molecule has 0 unspecified atom stereocenters. The normalized spacial score (nSPS) is 9.86. The minimum Gasteiger partial charge on any atom is -0.305 e. The van der Waals surface area contributed by atoms with Crippen LogP contribution < -0.4 is 0 Å². The van der Waals surface area contributed by atoms with Crippen LogP contribution >= 0.6 is 11.6 Å². The number of rotatable bonds is 4. The summed E-state index contributed by atoms with van der Waals surface area (Å²) in [4.78, 5) is 0. The van der Waals surface area contributed by atoms with Gasteiger partial charge in [0.25, 0.3) is 0 Å². The monoisotopic (exact) mass is 207 g/mol. The van der Waals surface area contributed by atoms with Crippen LogP contribution in [-0.2, 0) is 0 Å². The Balaban J connectivity index is 3.07. The van der Waals surface area contributed by atoms with Gasteiger partial charge in [-0.1, -0.05) is 30.8 Å². The fourth-order valence-corrected chi connectivity index (χ4v) is 1.60. The number of benzene rings is 1. The Bertz CT molecular complexity index is 355. The third-order valence-electron chi connectivity index (χ3n) is 2.11. The Kier molecular flexibility index (Phi) is 3.90. The second-order valence-corrected chi connectivity index (χ2v) is 3.59. The van der Waals surface area contributed by atoms with Gasteiger partial charge in [-0.15, -0.1) is 11.6 Å². The van der Waals surface area contributed by atoms with E-state index in [1.165, 1.54) is 0 Å². The van der Waals surface area contributed by atoms with Gasteiger partial charge in [-0.05, 0) is 24.5 Å². The summed E-state index contributed by atoms with van der Waals surface area (Å²) in [5, 5.41) is 7.63. The molecule has 0 bridgehead atoms. The molecule has 1 nitrogen and oxygen atoms in total. The summed E-state index contributed by atoms with van der Waals surface area (Å²) in [7, 11) is 0. The molecule has 1 aromatic rings. The van der Waals surface area contributed by atoms with Crippen molar-refractivity contribution in [1.29, 1.82) is 5.41 Å². The Morgan fingerprint density at radius 2 is 1.93 bits per heavy atom. The molecule has 0 aliphatic rings. The molecule has 0 atom stereocenters. The Labute approximate surface area is 89.9 Å². The second kappa shape index (κ2) is 4.97. The van der Waals surface area contributed by atoms with Gasteiger partial charge in [0, 0.05) is 17.2 Å². The predicted octanol–water partition coefficient (Wildman–Crippen LogP) is 3.72. The summed E-state index contributed by atoms with van der Waals surface area (Å²) < 4.78 is 0. The quantitative estimate of drug-likeness (QED) is 0.575. The molecule has 0 aromatic heterocycles. The average Bonchev–Trinajstić information content (AvgIpc) is 2.18. The number of allylic oxidation sites excluding steroid dienone is 1. The van der Waals surface area contributed by atoms with E-state index in [0.717, 1.165) is 23.1 Å². The molecule has 0 heterocycles. The summed E-state index contributed by atoms with van der Waals surface area (Å²) in [6.07, 6.45) is 0.770. The maximum absolute atomic E-state index is 7.63. The highest BCUT2D eigenvalue weighted by Crippen LogP contribution is 2.21. The summed E-state index contributed by atoms with van der Waals surface area (Å²) in [5.41, 5.74) is 3.56. The van der Waals surface area contributed by atoms with Gasteiger partial charge in [0.1, 0.15) is 0 Å². The van der Waals surface area contributed by atoms with Gasteiger partial charge in [0.05, 0.1) is 0 Å². The molecule has 14 heavy (non-hydrogen) atoms. The SMILES string of the molecule is C=C(CCCl)c1ccccc1C(C)=N.